The summed E-state index contributed by atoms with van der Waals surface area (Å²) in [7, 11) is 0. The first kappa shape index (κ1) is 22.2. The van der Waals surface area contributed by atoms with Gasteiger partial charge in [-0.15, -0.1) is 16.9 Å². The molecule has 2 aliphatic heterocycles. The summed E-state index contributed by atoms with van der Waals surface area (Å²) in [6.07, 6.45) is 0.146. The maximum Gasteiger partial charge on any atom is 0.353 e. The molecule has 12 heteroatoms. The molecule has 5 rings (SSSR count). The van der Waals surface area contributed by atoms with Crippen molar-refractivity contribution in [3.8, 4) is 5.69 Å². The molecule has 2 amide bonds. The van der Waals surface area contributed by atoms with E-state index in [1.807, 2.05) is 60.7 Å². The fourth-order valence-corrected chi connectivity index (χ4v) is 6.20. The zero-order valence-corrected chi connectivity index (χ0v) is 19.2. The summed E-state index contributed by atoms with van der Waals surface area (Å²) < 4.78 is 1.51. The Balaban J connectivity index is 1.34. The molecule has 2 aliphatic rings. The summed E-state index contributed by atoms with van der Waals surface area (Å²) in [5.41, 5.74) is 1.46. The second-order valence-electron chi connectivity index (χ2n) is 7.51. The Hall–Kier alpha value is -3.64. The fraction of sp³-hybridized carbons (Fsp3) is 0.182. The first-order chi connectivity index (χ1) is 16.5. The lowest BCUT2D eigenvalue weighted by molar-refractivity contribution is -0.150. The van der Waals surface area contributed by atoms with Gasteiger partial charge in [0, 0.05) is 10.7 Å². The number of nitrogens with one attached hydrogen (secondary N) is 1. The summed E-state index contributed by atoms with van der Waals surface area (Å²) in [6.45, 7) is 0. The van der Waals surface area contributed by atoms with Gasteiger partial charge in [0.25, 0.3) is 5.91 Å². The molecule has 3 aromatic rings. The number of β-lactam (4-membered cyclic amide) rings is 1. The van der Waals surface area contributed by atoms with Crippen LogP contribution in [0.25, 0.3) is 5.69 Å². The molecular formula is C22H18N6O4S2. The number of thioether (sulfide) groups is 2. The SMILES string of the molecule is O=C(Cc1ccccc1)N[C@@H]1C(=O)N2C(C(=O)O)=C(Sc3nnnn3-c3ccccc3)CS[C@@H]12. The average Bonchev–Trinajstić information content (AvgIpc) is 3.31. The molecule has 1 saturated heterocycles. The Bertz CT molecular complexity index is 1280. The van der Waals surface area contributed by atoms with Crippen LogP contribution in [0, 0.1) is 0 Å². The average molecular weight is 495 g/mol. The van der Waals surface area contributed by atoms with Gasteiger partial charge in [-0.05, 0) is 39.9 Å². The lowest BCUT2D eigenvalue weighted by Crippen LogP contribution is -2.70. The van der Waals surface area contributed by atoms with Gasteiger partial charge < -0.3 is 10.4 Å². The molecular weight excluding hydrogens is 476 g/mol. The van der Waals surface area contributed by atoms with Crippen LogP contribution in [0.3, 0.4) is 0 Å². The predicted molar refractivity (Wildman–Crippen MR) is 125 cm³/mol. The molecule has 2 N–H and O–H groups in total. The monoisotopic (exact) mass is 494 g/mol. The third kappa shape index (κ3) is 4.17. The molecule has 2 atom stereocenters. The maximum atomic E-state index is 12.9. The molecule has 0 saturated carbocycles. The first-order valence-corrected chi connectivity index (χ1v) is 12.2. The molecule has 1 aromatic heterocycles. The highest BCUT2D eigenvalue weighted by atomic mass is 32.2. The number of carbonyl (C=O) groups excluding carboxylic acids is 2. The smallest absolute Gasteiger partial charge is 0.353 e. The number of carboxylic acid groups (broad SMARTS) is 1. The van der Waals surface area contributed by atoms with Crippen molar-refractivity contribution in [3.63, 3.8) is 0 Å². The van der Waals surface area contributed by atoms with Crippen molar-refractivity contribution in [2.75, 3.05) is 5.75 Å². The highest BCUT2D eigenvalue weighted by Crippen LogP contribution is 2.44. The number of rotatable bonds is 7. The van der Waals surface area contributed by atoms with E-state index < -0.39 is 23.3 Å². The van der Waals surface area contributed by atoms with Gasteiger partial charge in [-0.1, -0.05) is 48.5 Å². The minimum absolute atomic E-state index is 0.102. The predicted octanol–water partition coefficient (Wildman–Crippen LogP) is 1.69. The minimum Gasteiger partial charge on any atom is -0.477 e. The third-order valence-electron chi connectivity index (χ3n) is 5.32. The molecule has 34 heavy (non-hydrogen) atoms. The number of nitrogens with zero attached hydrogens (tertiary/aromatic N) is 5. The van der Waals surface area contributed by atoms with Crippen LogP contribution >= 0.6 is 23.5 Å². The van der Waals surface area contributed by atoms with Gasteiger partial charge in [0.05, 0.1) is 12.1 Å². The molecule has 0 bridgehead atoms. The Morgan fingerprint density at radius 1 is 1.12 bits per heavy atom. The summed E-state index contributed by atoms with van der Waals surface area (Å²) in [6, 6.07) is 17.7. The normalized spacial score (nSPS) is 19.4. The molecule has 0 radical (unpaired) electrons. The van der Waals surface area contributed by atoms with Crippen molar-refractivity contribution < 1.29 is 19.5 Å². The van der Waals surface area contributed by atoms with Crippen molar-refractivity contribution in [1.29, 1.82) is 0 Å². The van der Waals surface area contributed by atoms with Gasteiger partial charge in [0.2, 0.25) is 11.1 Å². The van der Waals surface area contributed by atoms with Crippen LogP contribution in [0.1, 0.15) is 5.56 Å². The van der Waals surface area contributed by atoms with Crippen LogP contribution in [-0.4, -0.2) is 65.2 Å². The zero-order chi connectivity index (χ0) is 23.7. The van der Waals surface area contributed by atoms with Crippen LogP contribution in [-0.2, 0) is 20.8 Å². The largest absolute Gasteiger partial charge is 0.477 e. The van der Waals surface area contributed by atoms with E-state index >= 15 is 0 Å². The number of aliphatic carboxylic acids is 1. The van der Waals surface area contributed by atoms with E-state index in [0.717, 1.165) is 23.0 Å². The standard InChI is InChI=1S/C22H18N6O4S2/c29-16(11-13-7-3-1-4-8-13)23-17-19(30)27-18(21(31)32)15(12-33-20(17)27)34-22-24-25-26-28(22)14-9-5-2-6-10-14/h1-10,17,20H,11-12H2,(H,23,29)(H,31,32)/t17-,20+/m1/s1. The number of benzene rings is 2. The number of hydrogen-bond donors (Lipinski definition) is 2. The molecule has 0 spiro atoms. The van der Waals surface area contributed by atoms with Crippen LogP contribution in [0.2, 0.25) is 0 Å². The minimum atomic E-state index is -1.21. The van der Waals surface area contributed by atoms with Crippen molar-refractivity contribution in [2.24, 2.45) is 0 Å². The number of tetrazole rings is 1. The highest BCUT2D eigenvalue weighted by Gasteiger charge is 2.54. The number of amides is 2. The number of para-hydroxylation sites is 1. The quantitative estimate of drug-likeness (QED) is 0.471. The highest BCUT2D eigenvalue weighted by molar-refractivity contribution is 8.06. The second kappa shape index (κ2) is 9.31. The number of fused-ring (bicyclic) bond motifs is 1. The third-order valence-corrected chi connectivity index (χ3v) is 7.80. The summed E-state index contributed by atoms with van der Waals surface area (Å²) >= 11 is 2.51. The number of aromatic nitrogens is 4. The van der Waals surface area contributed by atoms with Gasteiger partial charge in [0.15, 0.2) is 0 Å². The molecule has 1 fully saturated rings. The van der Waals surface area contributed by atoms with E-state index in [-0.39, 0.29) is 18.0 Å². The number of carbonyl (C=O) groups is 3. The molecule has 0 unspecified atom stereocenters. The number of hydrogen-bond acceptors (Lipinski definition) is 8. The van der Waals surface area contributed by atoms with Crippen molar-refractivity contribution >= 4 is 41.3 Å². The van der Waals surface area contributed by atoms with Crippen molar-refractivity contribution in [2.45, 2.75) is 23.0 Å². The summed E-state index contributed by atoms with van der Waals surface area (Å²) in [5, 5.41) is 24.3. The van der Waals surface area contributed by atoms with Crippen molar-refractivity contribution in [1.82, 2.24) is 30.4 Å². The molecule has 3 heterocycles. The lowest BCUT2D eigenvalue weighted by Gasteiger charge is -2.49. The Labute approximate surface area is 202 Å². The van der Waals surface area contributed by atoms with E-state index in [1.165, 1.54) is 21.3 Å². The lowest BCUT2D eigenvalue weighted by atomic mass is 10.0. The van der Waals surface area contributed by atoms with Crippen molar-refractivity contribution in [3.05, 3.63) is 76.8 Å². The molecule has 0 aliphatic carbocycles. The summed E-state index contributed by atoms with van der Waals surface area (Å²) in [4.78, 5) is 39.2. The van der Waals surface area contributed by atoms with Gasteiger partial charge in [-0.3, -0.25) is 14.5 Å². The summed E-state index contributed by atoms with van der Waals surface area (Å²) in [5.74, 6) is -1.61. The Kier molecular flexibility index (Phi) is 6.07. The van der Waals surface area contributed by atoms with E-state index in [4.69, 9.17) is 0 Å². The van der Waals surface area contributed by atoms with Crippen LogP contribution < -0.4 is 5.32 Å². The van der Waals surface area contributed by atoms with E-state index in [2.05, 4.69) is 20.8 Å². The van der Waals surface area contributed by atoms with Gasteiger partial charge in [-0.2, -0.15) is 4.68 Å². The first-order valence-electron chi connectivity index (χ1n) is 10.3. The topological polar surface area (TPSA) is 130 Å². The maximum absolute atomic E-state index is 12.9. The van der Waals surface area contributed by atoms with Crippen LogP contribution in [0.15, 0.2) is 76.4 Å². The van der Waals surface area contributed by atoms with E-state index in [0.29, 0.717) is 15.8 Å². The Morgan fingerprint density at radius 3 is 2.53 bits per heavy atom. The van der Waals surface area contributed by atoms with Gasteiger partial charge in [0.1, 0.15) is 17.1 Å². The molecule has 2 aromatic carbocycles. The zero-order valence-electron chi connectivity index (χ0n) is 17.6. The fourth-order valence-electron chi connectivity index (χ4n) is 3.76. The molecule has 172 valence electrons. The van der Waals surface area contributed by atoms with Gasteiger partial charge >= 0.3 is 5.97 Å². The Morgan fingerprint density at radius 2 is 1.82 bits per heavy atom. The molecule has 10 nitrogen and oxygen atoms in total. The van der Waals surface area contributed by atoms with E-state index in [9.17, 15) is 19.5 Å². The van der Waals surface area contributed by atoms with Gasteiger partial charge in [-0.25, -0.2) is 4.79 Å². The second-order valence-corrected chi connectivity index (χ2v) is 9.67. The number of carboxylic acids is 1. The van der Waals surface area contributed by atoms with Crippen LogP contribution in [0.4, 0.5) is 0 Å². The van der Waals surface area contributed by atoms with E-state index in [1.54, 1.807) is 0 Å². The van der Waals surface area contributed by atoms with Crippen LogP contribution in [0.5, 0.6) is 0 Å².